The van der Waals surface area contributed by atoms with Crippen molar-refractivity contribution in [1.82, 2.24) is 0 Å². The minimum absolute atomic E-state index is 0.00187. The van der Waals surface area contributed by atoms with E-state index in [0.717, 1.165) is 0 Å². The number of carbonyl (C=O) groups excluding carboxylic acids is 1. The summed E-state index contributed by atoms with van der Waals surface area (Å²) < 4.78 is 5.33. The van der Waals surface area contributed by atoms with Crippen LogP contribution in [0.15, 0.2) is 53.1 Å². The molecule has 0 aromatic heterocycles. The molecule has 2 heterocycles. The van der Waals surface area contributed by atoms with Crippen LogP contribution in [0.2, 0.25) is 5.02 Å². The third-order valence-corrected chi connectivity index (χ3v) is 5.21. The number of ether oxygens (including phenoxy) is 1. The average molecular weight is 427 g/mol. The highest BCUT2D eigenvalue weighted by molar-refractivity contribution is 6.33. The second-order valence-corrected chi connectivity index (χ2v) is 7.38. The van der Waals surface area contributed by atoms with Crippen molar-refractivity contribution in [2.24, 2.45) is 5.10 Å². The molecule has 0 spiro atoms. The van der Waals surface area contributed by atoms with Crippen LogP contribution in [-0.4, -0.2) is 42.8 Å². The summed E-state index contributed by atoms with van der Waals surface area (Å²) in [6.45, 7) is 3.99. The van der Waals surface area contributed by atoms with Gasteiger partial charge in [0.2, 0.25) is 0 Å². The quantitative estimate of drug-likeness (QED) is 0.420. The number of hydrazone groups is 1. The van der Waals surface area contributed by atoms with Crippen LogP contribution < -0.4 is 9.91 Å². The van der Waals surface area contributed by atoms with Gasteiger partial charge < -0.3 is 9.64 Å². The van der Waals surface area contributed by atoms with Crippen LogP contribution in [0.1, 0.15) is 12.5 Å². The SMILES string of the molecule is CC1=NN(c2cccc(Cl)c2)C(=O)/C1=C/c1ccc(N2CCOCC2)c([N+](=O)[O-])c1. The van der Waals surface area contributed by atoms with E-state index in [9.17, 15) is 14.9 Å². The Morgan fingerprint density at radius 3 is 2.67 bits per heavy atom. The molecule has 1 saturated heterocycles. The molecule has 2 aromatic rings. The highest BCUT2D eigenvalue weighted by Crippen LogP contribution is 2.32. The van der Waals surface area contributed by atoms with Crippen molar-refractivity contribution < 1.29 is 14.5 Å². The summed E-state index contributed by atoms with van der Waals surface area (Å²) in [5, 5.41) is 17.8. The lowest BCUT2D eigenvalue weighted by Gasteiger charge is -2.28. The number of carbonyl (C=O) groups is 1. The van der Waals surface area contributed by atoms with Gasteiger partial charge >= 0.3 is 0 Å². The smallest absolute Gasteiger partial charge is 0.293 e. The molecular formula is C21H19ClN4O4. The lowest BCUT2D eigenvalue weighted by Crippen LogP contribution is -2.36. The number of benzene rings is 2. The first-order chi connectivity index (χ1) is 14.4. The molecular weight excluding hydrogens is 408 g/mol. The Balaban J connectivity index is 1.66. The maximum atomic E-state index is 12.9. The lowest BCUT2D eigenvalue weighted by atomic mass is 10.1. The van der Waals surface area contributed by atoms with Crippen molar-refractivity contribution in [2.75, 3.05) is 36.2 Å². The monoisotopic (exact) mass is 426 g/mol. The number of nitrogens with zero attached hydrogens (tertiary/aromatic N) is 4. The van der Waals surface area contributed by atoms with Crippen molar-refractivity contribution >= 4 is 46.4 Å². The predicted octanol–water partition coefficient (Wildman–Crippen LogP) is 3.89. The molecule has 0 saturated carbocycles. The zero-order valence-electron chi connectivity index (χ0n) is 16.2. The molecule has 0 atom stereocenters. The molecule has 0 unspecified atom stereocenters. The highest BCUT2D eigenvalue weighted by Gasteiger charge is 2.29. The summed E-state index contributed by atoms with van der Waals surface area (Å²) in [6.07, 6.45) is 1.63. The van der Waals surface area contributed by atoms with Gasteiger partial charge in [0.25, 0.3) is 11.6 Å². The molecule has 4 rings (SSSR count). The molecule has 2 aliphatic heterocycles. The molecule has 1 fully saturated rings. The lowest BCUT2D eigenvalue weighted by molar-refractivity contribution is -0.384. The van der Waals surface area contributed by atoms with Crippen LogP contribution in [-0.2, 0) is 9.53 Å². The van der Waals surface area contributed by atoms with Gasteiger partial charge in [-0.05, 0) is 42.8 Å². The van der Waals surface area contributed by atoms with Gasteiger partial charge in [-0.1, -0.05) is 23.7 Å². The fourth-order valence-corrected chi connectivity index (χ4v) is 3.67. The third kappa shape index (κ3) is 3.92. The molecule has 30 heavy (non-hydrogen) atoms. The molecule has 0 bridgehead atoms. The number of hydrogen-bond acceptors (Lipinski definition) is 6. The maximum Gasteiger partial charge on any atom is 0.293 e. The summed E-state index contributed by atoms with van der Waals surface area (Å²) in [4.78, 5) is 26.1. The first-order valence-electron chi connectivity index (χ1n) is 9.42. The van der Waals surface area contributed by atoms with Gasteiger partial charge in [-0.3, -0.25) is 14.9 Å². The Morgan fingerprint density at radius 1 is 1.20 bits per heavy atom. The van der Waals surface area contributed by atoms with Gasteiger partial charge in [0, 0.05) is 24.2 Å². The predicted molar refractivity (Wildman–Crippen MR) is 116 cm³/mol. The number of anilines is 2. The summed E-state index contributed by atoms with van der Waals surface area (Å²) in [7, 11) is 0. The molecule has 0 N–H and O–H groups in total. The van der Waals surface area contributed by atoms with Gasteiger partial charge in [-0.2, -0.15) is 10.1 Å². The minimum Gasteiger partial charge on any atom is -0.378 e. The van der Waals surface area contributed by atoms with Crippen LogP contribution in [0.3, 0.4) is 0 Å². The fourth-order valence-electron chi connectivity index (χ4n) is 3.48. The van der Waals surface area contributed by atoms with E-state index in [-0.39, 0.29) is 11.6 Å². The number of amides is 1. The normalized spacial score (nSPS) is 18.1. The van der Waals surface area contributed by atoms with E-state index in [0.29, 0.717) is 59.5 Å². The molecule has 154 valence electrons. The van der Waals surface area contributed by atoms with E-state index in [1.54, 1.807) is 49.4 Å². The van der Waals surface area contributed by atoms with Crippen LogP contribution >= 0.6 is 11.6 Å². The van der Waals surface area contributed by atoms with Crippen LogP contribution in [0.25, 0.3) is 6.08 Å². The van der Waals surface area contributed by atoms with Gasteiger partial charge in [0.1, 0.15) is 5.69 Å². The Morgan fingerprint density at radius 2 is 1.97 bits per heavy atom. The number of nitro benzene ring substituents is 1. The highest BCUT2D eigenvalue weighted by atomic mass is 35.5. The van der Waals surface area contributed by atoms with E-state index in [4.69, 9.17) is 16.3 Å². The summed E-state index contributed by atoms with van der Waals surface area (Å²) in [5.74, 6) is -0.310. The molecule has 8 nitrogen and oxygen atoms in total. The Labute approximate surface area is 178 Å². The summed E-state index contributed by atoms with van der Waals surface area (Å²) in [5.41, 5.74) is 2.57. The number of hydrogen-bond donors (Lipinski definition) is 0. The van der Waals surface area contributed by atoms with Gasteiger partial charge in [-0.25, -0.2) is 0 Å². The zero-order chi connectivity index (χ0) is 21.3. The fraction of sp³-hybridized carbons (Fsp3) is 0.238. The minimum atomic E-state index is -0.400. The van der Waals surface area contributed by atoms with E-state index in [1.165, 1.54) is 11.1 Å². The van der Waals surface area contributed by atoms with Crippen LogP contribution in [0, 0.1) is 10.1 Å². The van der Waals surface area contributed by atoms with Gasteiger partial charge in [-0.15, -0.1) is 0 Å². The average Bonchev–Trinajstić information content (AvgIpc) is 3.02. The molecule has 1 amide bonds. The zero-order valence-corrected chi connectivity index (χ0v) is 17.0. The van der Waals surface area contributed by atoms with Crippen LogP contribution in [0.5, 0.6) is 0 Å². The number of halogens is 1. The second-order valence-electron chi connectivity index (χ2n) is 6.94. The van der Waals surface area contributed by atoms with Crippen molar-refractivity contribution in [3.8, 4) is 0 Å². The molecule has 0 radical (unpaired) electrons. The van der Waals surface area contributed by atoms with Crippen molar-refractivity contribution in [1.29, 1.82) is 0 Å². The van der Waals surface area contributed by atoms with E-state index < -0.39 is 4.92 Å². The topological polar surface area (TPSA) is 88.3 Å². The van der Waals surface area contributed by atoms with E-state index >= 15 is 0 Å². The number of rotatable bonds is 4. The largest absolute Gasteiger partial charge is 0.378 e. The molecule has 9 heteroatoms. The standard InChI is InChI=1S/C21H19ClN4O4/c1-14-18(21(27)25(23-14)17-4-2-3-16(22)13-17)11-15-5-6-19(20(12-15)26(28)29)24-7-9-30-10-8-24/h2-6,11-13H,7-10H2,1H3/b18-11+. The Hall–Kier alpha value is -3.23. The van der Waals surface area contributed by atoms with Gasteiger partial charge in [0.15, 0.2) is 0 Å². The van der Waals surface area contributed by atoms with Crippen LogP contribution in [0.4, 0.5) is 17.1 Å². The second kappa shape index (κ2) is 8.25. The number of nitro groups is 1. The van der Waals surface area contributed by atoms with Crippen molar-refractivity contribution in [3.63, 3.8) is 0 Å². The summed E-state index contributed by atoms with van der Waals surface area (Å²) >= 11 is 6.02. The maximum absolute atomic E-state index is 12.9. The Bertz CT molecular complexity index is 1080. The first-order valence-corrected chi connectivity index (χ1v) is 9.80. The van der Waals surface area contributed by atoms with E-state index in [1.807, 2.05) is 4.90 Å². The number of morpholine rings is 1. The third-order valence-electron chi connectivity index (χ3n) is 4.97. The molecule has 2 aliphatic rings. The van der Waals surface area contributed by atoms with E-state index in [2.05, 4.69) is 5.10 Å². The molecule has 2 aromatic carbocycles. The Kier molecular flexibility index (Phi) is 5.52. The first kappa shape index (κ1) is 20.1. The van der Waals surface area contributed by atoms with Crippen molar-refractivity contribution in [3.05, 3.63) is 68.7 Å². The molecule has 0 aliphatic carbocycles. The van der Waals surface area contributed by atoms with Gasteiger partial charge in [0.05, 0.1) is 35.1 Å². The summed E-state index contributed by atoms with van der Waals surface area (Å²) in [6, 6.07) is 11.8. The van der Waals surface area contributed by atoms with Crippen molar-refractivity contribution in [2.45, 2.75) is 6.92 Å².